The molecule has 0 amide bonds. The maximum Gasteiger partial charge on any atom is 0.0930 e. The van der Waals surface area contributed by atoms with Gasteiger partial charge in [-0.1, -0.05) is 29.8 Å². The molecule has 2 aromatic rings. The molecule has 15 heavy (non-hydrogen) atoms. The van der Waals surface area contributed by atoms with Gasteiger partial charge in [0.05, 0.1) is 11.4 Å². The van der Waals surface area contributed by atoms with Crippen LogP contribution in [0.1, 0.15) is 11.3 Å². The van der Waals surface area contributed by atoms with E-state index in [9.17, 15) is 0 Å². The van der Waals surface area contributed by atoms with Crippen molar-refractivity contribution in [3.05, 3.63) is 47.9 Å². The molecule has 2 rings (SSSR count). The predicted octanol–water partition coefficient (Wildman–Crippen LogP) is 1.91. The first kappa shape index (κ1) is 9.80. The van der Waals surface area contributed by atoms with Crippen molar-refractivity contribution in [3.63, 3.8) is 0 Å². The summed E-state index contributed by atoms with van der Waals surface area (Å²) in [5.74, 6) is 0. The second kappa shape index (κ2) is 4.19. The third-order valence-corrected chi connectivity index (χ3v) is 2.29. The molecule has 0 saturated heterocycles. The van der Waals surface area contributed by atoms with Crippen molar-refractivity contribution in [2.24, 2.45) is 5.73 Å². The highest BCUT2D eigenvalue weighted by Gasteiger charge is 2.05. The van der Waals surface area contributed by atoms with Crippen molar-refractivity contribution in [1.29, 1.82) is 0 Å². The molecule has 0 aliphatic rings. The highest BCUT2D eigenvalue weighted by molar-refractivity contribution is 5.61. The van der Waals surface area contributed by atoms with Gasteiger partial charge in [-0.25, -0.2) is 0 Å². The molecular weight excluding hydrogens is 186 g/mol. The SMILES string of the molecule is Cc1ccc(-c2nccnc2CN)cc1. The van der Waals surface area contributed by atoms with Crippen LogP contribution in [0, 0.1) is 6.92 Å². The average Bonchev–Trinajstić information content (AvgIpc) is 2.30. The van der Waals surface area contributed by atoms with E-state index in [1.165, 1.54) is 5.56 Å². The lowest BCUT2D eigenvalue weighted by Gasteiger charge is -2.05. The van der Waals surface area contributed by atoms with E-state index in [2.05, 4.69) is 29.0 Å². The van der Waals surface area contributed by atoms with Crippen molar-refractivity contribution in [2.45, 2.75) is 13.5 Å². The molecule has 0 aliphatic heterocycles. The first-order valence-electron chi connectivity index (χ1n) is 4.88. The molecule has 2 N–H and O–H groups in total. The maximum absolute atomic E-state index is 5.62. The van der Waals surface area contributed by atoms with E-state index in [-0.39, 0.29) is 0 Å². The molecule has 3 nitrogen and oxygen atoms in total. The Hall–Kier alpha value is -1.74. The van der Waals surface area contributed by atoms with E-state index >= 15 is 0 Å². The van der Waals surface area contributed by atoms with Crippen LogP contribution >= 0.6 is 0 Å². The lowest BCUT2D eigenvalue weighted by atomic mass is 10.1. The van der Waals surface area contributed by atoms with E-state index in [0.717, 1.165) is 17.0 Å². The van der Waals surface area contributed by atoms with E-state index < -0.39 is 0 Å². The largest absolute Gasteiger partial charge is 0.325 e. The van der Waals surface area contributed by atoms with E-state index in [1.54, 1.807) is 12.4 Å². The standard InChI is InChI=1S/C12H13N3/c1-9-2-4-10(5-3-9)12-11(8-13)14-6-7-15-12/h2-7H,8,13H2,1H3. The third kappa shape index (κ3) is 2.02. The van der Waals surface area contributed by atoms with Crippen LogP contribution in [0.25, 0.3) is 11.3 Å². The molecule has 76 valence electrons. The van der Waals surface area contributed by atoms with Gasteiger partial charge in [-0.2, -0.15) is 0 Å². The van der Waals surface area contributed by atoms with Crippen LogP contribution in [0.15, 0.2) is 36.7 Å². The zero-order chi connectivity index (χ0) is 10.7. The van der Waals surface area contributed by atoms with Crippen molar-refractivity contribution in [2.75, 3.05) is 0 Å². The molecule has 0 unspecified atom stereocenters. The Morgan fingerprint density at radius 2 is 1.73 bits per heavy atom. The lowest BCUT2D eigenvalue weighted by Crippen LogP contribution is -2.03. The number of benzene rings is 1. The van der Waals surface area contributed by atoms with Crippen LogP contribution in [0.4, 0.5) is 0 Å². The number of rotatable bonds is 2. The monoisotopic (exact) mass is 199 g/mol. The van der Waals surface area contributed by atoms with E-state index in [4.69, 9.17) is 5.73 Å². The Morgan fingerprint density at radius 3 is 2.40 bits per heavy atom. The lowest BCUT2D eigenvalue weighted by molar-refractivity contribution is 0.969. The number of nitrogens with two attached hydrogens (primary N) is 1. The number of hydrogen-bond donors (Lipinski definition) is 1. The van der Waals surface area contributed by atoms with Crippen LogP contribution in [0.2, 0.25) is 0 Å². The average molecular weight is 199 g/mol. The summed E-state index contributed by atoms with van der Waals surface area (Å²) in [4.78, 5) is 8.52. The van der Waals surface area contributed by atoms with Gasteiger partial charge in [0.2, 0.25) is 0 Å². The van der Waals surface area contributed by atoms with Crippen molar-refractivity contribution in [3.8, 4) is 11.3 Å². The van der Waals surface area contributed by atoms with E-state index in [1.807, 2.05) is 12.1 Å². The molecule has 1 heterocycles. The minimum Gasteiger partial charge on any atom is -0.325 e. The molecule has 3 heteroatoms. The van der Waals surface area contributed by atoms with Crippen molar-refractivity contribution >= 4 is 0 Å². The summed E-state index contributed by atoms with van der Waals surface area (Å²) in [7, 11) is 0. The predicted molar refractivity (Wildman–Crippen MR) is 60.1 cm³/mol. The first-order valence-corrected chi connectivity index (χ1v) is 4.88. The van der Waals surface area contributed by atoms with Crippen LogP contribution in [-0.2, 0) is 6.54 Å². The summed E-state index contributed by atoms with van der Waals surface area (Å²) in [6.45, 7) is 2.47. The summed E-state index contributed by atoms with van der Waals surface area (Å²) in [6, 6.07) is 8.20. The second-order valence-electron chi connectivity index (χ2n) is 3.42. The fraction of sp³-hybridized carbons (Fsp3) is 0.167. The van der Waals surface area contributed by atoms with Crippen LogP contribution in [-0.4, -0.2) is 9.97 Å². The van der Waals surface area contributed by atoms with Crippen molar-refractivity contribution < 1.29 is 0 Å². The number of aryl methyl sites for hydroxylation is 1. The highest BCUT2D eigenvalue weighted by Crippen LogP contribution is 2.19. The Kier molecular flexibility index (Phi) is 2.74. The molecule has 1 aromatic heterocycles. The molecular formula is C12H13N3. The number of hydrogen-bond acceptors (Lipinski definition) is 3. The molecule has 1 aromatic carbocycles. The van der Waals surface area contributed by atoms with Crippen LogP contribution in [0.3, 0.4) is 0 Å². The van der Waals surface area contributed by atoms with Gasteiger partial charge in [0, 0.05) is 24.5 Å². The summed E-state index contributed by atoms with van der Waals surface area (Å²) in [6.07, 6.45) is 3.36. The smallest absolute Gasteiger partial charge is 0.0930 e. The minimum absolute atomic E-state index is 0.414. The van der Waals surface area contributed by atoms with Gasteiger partial charge < -0.3 is 5.73 Å². The molecule has 0 aliphatic carbocycles. The van der Waals surface area contributed by atoms with Gasteiger partial charge in [-0.3, -0.25) is 9.97 Å². The quantitative estimate of drug-likeness (QED) is 0.803. The zero-order valence-corrected chi connectivity index (χ0v) is 8.64. The maximum atomic E-state index is 5.62. The Labute approximate surface area is 89.0 Å². The third-order valence-electron chi connectivity index (χ3n) is 2.29. The number of aromatic nitrogens is 2. The summed E-state index contributed by atoms with van der Waals surface area (Å²) < 4.78 is 0. The molecule has 0 bridgehead atoms. The highest BCUT2D eigenvalue weighted by atomic mass is 14.8. The summed E-state index contributed by atoms with van der Waals surface area (Å²) in [5, 5.41) is 0. The van der Waals surface area contributed by atoms with Gasteiger partial charge in [-0.15, -0.1) is 0 Å². The topological polar surface area (TPSA) is 51.8 Å². The Balaban J connectivity index is 2.49. The van der Waals surface area contributed by atoms with Gasteiger partial charge in [-0.05, 0) is 6.92 Å². The second-order valence-corrected chi connectivity index (χ2v) is 3.42. The fourth-order valence-electron chi connectivity index (χ4n) is 1.47. The fourth-order valence-corrected chi connectivity index (χ4v) is 1.47. The summed E-state index contributed by atoms with van der Waals surface area (Å²) in [5.41, 5.74) is 9.62. The first-order chi connectivity index (χ1) is 7.31. The molecule has 0 atom stereocenters. The molecule has 0 spiro atoms. The van der Waals surface area contributed by atoms with Gasteiger partial charge in [0.25, 0.3) is 0 Å². The van der Waals surface area contributed by atoms with Crippen LogP contribution < -0.4 is 5.73 Å². The molecule has 0 fully saturated rings. The molecule has 0 radical (unpaired) electrons. The normalized spacial score (nSPS) is 10.3. The molecule has 0 saturated carbocycles. The van der Waals surface area contributed by atoms with E-state index in [0.29, 0.717) is 6.54 Å². The minimum atomic E-state index is 0.414. The Morgan fingerprint density at radius 1 is 1.07 bits per heavy atom. The number of nitrogens with zero attached hydrogens (tertiary/aromatic N) is 2. The van der Waals surface area contributed by atoms with Gasteiger partial charge in [0.1, 0.15) is 0 Å². The van der Waals surface area contributed by atoms with Crippen molar-refractivity contribution in [1.82, 2.24) is 9.97 Å². The van der Waals surface area contributed by atoms with Gasteiger partial charge in [0.15, 0.2) is 0 Å². The Bertz CT molecular complexity index is 449. The zero-order valence-electron chi connectivity index (χ0n) is 8.64. The van der Waals surface area contributed by atoms with Crippen LogP contribution in [0.5, 0.6) is 0 Å². The summed E-state index contributed by atoms with van der Waals surface area (Å²) >= 11 is 0. The van der Waals surface area contributed by atoms with Gasteiger partial charge >= 0.3 is 0 Å².